The number of aliphatic carboxylic acids is 1. The molecule has 3 aromatic carbocycles. The fourth-order valence-electron chi connectivity index (χ4n) is 4.83. The Hall–Kier alpha value is -4.64. The van der Waals surface area contributed by atoms with Gasteiger partial charge in [-0.15, -0.1) is 0 Å². The van der Waals surface area contributed by atoms with Crippen molar-refractivity contribution >= 4 is 29.3 Å². The minimum atomic E-state index is -0.987. The van der Waals surface area contributed by atoms with Crippen LogP contribution < -0.4 is 15.5 Å². The molecule has 8 heteroatoms. The minimum absolute atomic E-state index is 0.0308. The SMILES string of the molecule is N#Cc1cccc(NC(=O)N(Cc2ccc(C3CCCCC3)cc2)c2ccc(C(=O)NCCC(=O)O)cc2)c1. The number of carboxylic acids is 1. The number of hydrogen-bond acceptors (Lipinski definition) is 4. The number of nitrogens with one attached hydrogen (secondary N) is 2. The van der Waals surface area contributed by atoms with Crippen LogP contribution in [0.1, 0.15) is 71.5 Å². The molecule has 1 aliphatic carbocycles. The Morgan fingerprint density at radius 2 is 1.67 bits per heavy atom. The molecule has 0 atom stereocenters. The van der Waals surface area contributed by atoms with Gasteiger partial charge in [-0.1, -0.05) is 49.6 Å². The molecule has 3 N–H and O–H groups in total. The van der Waals surface area contributed by atoms with Gasteiger partial charge in [0.2, 0.25) is 0 Å². The Morgan fingerprint density at radius 3 is 2.33 bits per heavy atom. The first-order chi connectivity index (χ1) is 18.9. The van der Waals surface area contributed by atoms with E-state index in [-0.39, 0.29) is 24.9 Å². The van der Waals surface area contributed by atoms with Crippen LogP contribution in [0.5, 0.6) is 0 Å². The lowest BCUT2D eigenvalue weighted by Crippen LogP contribution is -2.34. The topological polar surface area (TPSA) is 123 Å². The molecule has 1 fully saturated rings. The maximum atomic E-state index is 13.5. The average molecular weight is 525 g/mol. The number of nitriles is 1. The van der Waals surface area contributed by atoms with Crippen molar-refractivity contribution in [2.24, 2.45) is 0 Å². The highest BCUT2D eigenvalue weighted by molar-refractivity contribution is 6.02. The van der Waals surface area contributed by atoms with Gasteiger partial charge in [0.25, 0.3) is 5.91 Å². The van der Waals surface area contributed by atoms with Gasteiger partial charge >= 0.3 is 12.0 Å². The van der Waals surface area contributed by atoms with Gasteiger partial charge in [0, 0.05) is 23.5 Å². The number of benzene rings is 3. The van der Waals surface area contributed by atoms with Crippen LogP contribution in [0.15, 0.2) is 72.8 Å². The molecule has 8 nitrogen and oxygen atoms in total. The molecule has 0 radical (unpaired) electrons. The third kappa shape index (κ3) is 7.68. The van der Waals surface area contributed by atoms with E-state index in [1.165, 1.54) is 37.7 Å². The summed E-state index contributed by atoms with van der Waals surface area (Å²) < 4.78 is 0. The Bertz CT molecular complexity index is 1340. The van der Waals surface area contributed by atoms with Gasteiger partial charge in [-0.05, 0) is 72.4 Å². The van der Waals surface area contributed by atoms with Gasteiger partial charge in [-0.25, -0.2) is 4.79 Å². The maximum absolute atomic E-state index is 13.5. The highest BCUT2D eigenvalue weighted by Gasteiger charge is 2.19. The van der Waals surface area contributed by atoms with Crippen LogP contribution in [0.25, 0.3) is 0 Å². The largest absolute Gasteiger partial charge is 0.481 e. The lowest BCUT2D eigenvalue weighted by Gasteiger charge is -2.25. The molecular weight excluding hydrogens is 492 g/mol. The fraction of sp³-hybridized carbons (Fsp3) is 0.290. The highest BCUT2D eigenvalue weighted by Crippen LogP contribution is 2.33. The Labute approximate surface area is 228 Å². The number of carbonyl (C=O) groups excluding carboxylic acids is 2. The fourth-order valence-corrected chi connectivity index (χ4v) is 4.83. The number of nitrogens with zero attached hydrogens (tertiary/aromatic N) is 2. The van der Waals surface area contributed by atoms with E-state index < -0.39 is 5.97 Å². The Kier molecular flexibility index (Phi) is 9.30. The highest BCUT2D eigenvalue weighted by atomic mass is 16.4. The van der Waals surface area contributed by atoms with E-state index in [1.54, 1.807) is 53.4 Å². The first-order valence-electron chi connectivity index (χ1n) is 13.2. The Balaban J connectivity index is 1.53. The minimum Gasteiger partial charge on any atom is -0.481 e. The molecule has 0 spiro atoms. The van der Waals surface area contributed by atoms with E-state index in [0.29, 0.717) is 35.0 Å². The first-order valence-corrected chi connectivity index (χ1v) is 13.2. The average Bonchev–Trinajstić information content (AvgIpc) is 2.96. The predicted octanol–water partition coefficient (Wildman–Crippen LogP) is 6.05. The monoisotopic (exact) mass is 524 g/mol. The van der Waals surface area contributed by atoms with E-state index in [9.17, 15) is 19.6 Å². The lowest BCUT2D eigenvalue weighted by molar-refractivity contribution is -0.136. The van der Waals surface area contributed by atoms with Crippen molar-refractivity contribution in [3.05, 3.63) is 95.1 Å². The summed E-state index contributed by atoms with van der Waals surface area (Å²) in [5.41, 5.74) is 4.19. The molecule has 0 aliphatic heterocycles. The number of carboxylic acid groups (broad SMARTS) is 1. The summed E-state index contributed by atoms with van der Waals surface area (Å²) in [5.74, 6) is -0.779. The molecule has 0 unspecified atom stereocenters. The number of amides is 3. The van der Waals surface area contributed by atoms with Crippen molar-refractivity contribution in [2.45, 2.75) is 51.0 Å². The third-order valence-electron chi connectivity index (χ3n) is 6.95. The molecule has 0 bridgehead atoms. The smallest absolute Gasteiger partial charge is 0.326 e. The molecule has 0 aromatic heterocycles. The summed E-state index contributed by atoms with van der Waals surface area (Å²) >= 11 is 0. The summed E-state index contributed by atoms with van der Waals surface area (Å²) in [6, 6.07) is 23.4. The van der Waals surface area contributed by atoms with Crippen LogP contribution in [0, 0.1) is 11.3 Å². The second kappa shape index (κ2) is 13.2. The molecular formula is C31H32N4O4. The Morgan fingerprint density at radius 1 is 0.949 bits per heavy atom. The van der Waals surface area contributed by atoms with Crippen molar-refractivity contribution in [3.63, 3.8) is 0 Å². The standard InChI is InChI=1S/C31H32N4O4/c32-20-23-5-4-8-27(19-23)34-31(39)35(21-22-9-11-25(12-10-22)24-6-2-1-3-7-24)28-15-13-26(14-16-28)30(38)33-18-17-29(36)37/h4-5,8-16,19,24H,1-3,6-7,17-18,21H2,(H,33,38)(H,34,39)(H,36,37). The molecule has 3 amide bonds. The number of rotatable bonds is 9. The van der Waals surface area contributed by atoms with E-state index in [1.807, 2.05) is 0 Å². The number of urea groups is 1. The van der Waals surface area contributed by atoms with Gasteiger partial charge in [-0.3, -0.25) is 14.5 Å². The quantitative estimate of drug-likeness (QED) is 0.315. The summed E-state index contributed by atoms with van der Waals surface area (Å²) in [4.78, 5) is 38.1. The summed E-state index contributed by atoms with van der Waals surface area (Å²) in [6.07, 6.45) is 6.10. The normalized spacial score (nSPS) is 13.2. The second-order valence-corrected chi connectivity index (χ2v) is 9.73. The summed E-state index contributed by atoms with van der Waals surface area (Å²) in [7, 11) is 0. The summed E-state index contributed by atoms with van der Waals surface area (Å²) in [6.45, 7) is 0.335. The molecule has 200 valence electrons. The molecule has 39 heavy (non-hydrogen) atoms. The molecule has 4 rings (SSSR count). The summed E-state index contributed by atoms with van der Waals surface area (Å²) in [5, 5.41) is 23.4. The zero-order valence-electron chi connectivity index (χ0n) is 21.7. The van der Waals surface area contributed by atoms with Gasteiger partial charge in [0.15, 0.2) is 0 Å². The van der Waals surface area contributed by atoms with Crippen molar-refractivity contribution in [2.75, 3.05) is 16.8 Å². The third-order valence-corrected chi connectivity index (χ3v) is 6.95. The molecule has 3 aromatic rings. The van der Waals surface area contributed by atoms with Crippen molar-refractivity contribution in [1.82, 2.24) is 5.32 Å². The maximum Gasteiger partial charge on any atom is 0.326 e. The zero-order chi connectivity index (χ0) is 27.6. The molecule has 0 saturated heterocycles. The van der Waals surface area contributed by atoms with Crippen molar-refractivity contribution < 1.29 is 19.5 Å². The van der Waals surface area contributed by atoms with Crippen LogP contribution >= 0.6 is 0 Å². The van der Waals surface area contributed by atoms with Crippen LogP contribution in [0.3, 0.4) is 0 Å². The van der Waals surface area contributed by atoms with Crippen molar-refractivity contribution in [1.29, 1.82) is 5.26 Å². The van der Waals surface area contributed by atoms with Crippen molar-refractivity contribution in [3.8, 4) is 6.07 Å². The van der Waals surface area contributed by atoms with Crippen LogP contribution in [-0.4, -0.2) is 29.6 Å². The lowest BCUT2D eigenvalue weighted by atomic mass is 9.84. The van der Waals surface area contributed by atoms with E-state index in [4.69, 9.17) is 5.11 Å². The van der Waals surface area contributed by atoms with Crippen LogP contribution in [0.2, 0.25) is 0 Å². The second-order valence-electron chi connectivity index (χ2n) is 9.73. The van der Waals surface area contributed by atoms with Gasteiger partial charge < -0.3 is 15.7 Å². The van der Waals surface area contributed by atoms with E-state index in [0.717, 1.165) is 5.56 Å². The van der Waals surface area contributed by atoms with Crippen LogP contribution in [0.4, 0.5) is 16.2 Å². The predicted molar refractivity (Wildman–Crippen MR) is 150 cm³/mol. The first kappa shape index (κ1) is 27.4. The van der Waals surface area contributed by atoms with E-state index in [2.05, 4.69) is 41.0 Å². The number of anilines is 2. The van der Waals surface area contributed by atoms with Crippen LogP contribution in [-0.2, 0) is 11.3 Å². The zero-order valence-corrected chi connectivity index (χ0v) is 21.7. The van der Waals surface area contributed by atoms with E-state index >= 15 is 0 Å². The number of carbonyl (C=O) groups is 3. The molecule has 1 saturated carbocycles. The molecule has 1 aliphatic rings. The van der Waals surface area contributed by atoms with Gasteiger partial charge in [-0.2, -0.15) is 5.26 Å². The van der Waals surface area contributed by atoms with Gasteiger partial charge in [0.1, 0.15) is 0 Å². The van der Waals surface area contributed by atoms with Gasteiger partial charge in [0.05, 0.1) is 24.6 Å². The number of hydrogen-bond donors (Lipinski definition) is 3. The molecule has 0 heterocycles.